The molecule has 4 rings (SSSR count). The van der Waals surface area contributed by atoms with Crippen molar-refractivity contribution in [1.29, 1.82) is 0 Å². The average Bonchev–Trinajstić information content (AvgIpc) is 3.10. The molecule has 5 heteroatoms. The van der Waals surface area contributed by atoms with Crippen LogP contribution in [0.2, 0.25) is 0 Å². The van der Waals surface area contributed by atoms with E-state index in [-0.39, 0.29) is 12.4 Å². The predicted octanol–water partition coefficient (Wildman–Crippen LogP) is 2.92. The maximum atomic E-state index is 3.42. The number of aryl methyl sites for hydroxylation is 2. The number of halogens is 1. The van der Waals surface area contributed by atoms with Gasteiger partial charge in [0.2, 0.25) is 0 Å². The van der Waals surface area contributed by atoms with E-state index < -0.39 is 0 Å². The molecule has 0 amide bonds. The topological polar surface area (TPSA) is 31.6 Å². The molecule has 0 aliphatic rings. The Bertz CT molecular complexity index is 1000. The molecule has 0 aliphatic heterocycles. The standard InChI is InChI=1S/C11H14NS.C10H11NS.ClH/c1-8-11(13(2)3)9-6-4-5-7-10(9)12-8;1-7-10(12-2)8-5-3-4-6-9(8)11-7;/h4-7,12H,1-3H3;3-6,11H,1-2H3;1H/q+1;;/p-1. The highest BCUT2D eigenvalue weighted by Gasteiger charge is 2.18. The summed E-state index contributed by atoms with van der Waals surface area (Å²) in [4.78, 5) is 9.62. The Labute approximate surface area is 168 Å². The lowest BCUT2D eigenvalue weighted by molar-refractivity contribution is -0.00000549. The van der Waals surface area contributed by atoms with Gasteiger partial charge in [-0.3, -0.25) is 0 Å². The highest BCUT2D eigenvalue weighted by molar-refractivity contribution is 7.98. The van der Waals surface area contributed by atoms with Gasteiger partial charge >= 0.3 is 0 Å². The van der Waals surface area contributed by atoms with Crippen LogP contribution in [0.1, 0.15) is 11.4 Å². The zero-order valence-corrected chi connectivity index (χ0v) is 18.2. The third-order valence-electron chi connectivity index (χ3n) is 4.28. The molecule has 0 spiro atoms. The molecule has 0 bridgehead atoms. The molecular weight excluding hydrogens is 380 g/mol. The Morgan fingerprint density at radius 3 is 1.85 bits per heavy atom. The van der Waals surface area contributed by atoms with Crippen molar-refractivity contribution in [2.45, 2.75) is 23.6 Å². The van der Waals surface area contributed by atoms with Gasteiger partial charge in [-0.2, -0.15) is 0 Å². The minimum atomic E-state index is 0. The van der Waals surface area contributed by atoms with Crippen molar-refractivity contribution in [3.8, 4) is 0 Å². The molecule has 0 aliphatic carbocycles. The molecule has 2 heterocycles. The van der Waals surface area contributed by atoms with Crippen LogP contribution in [0.3, 0.4) is 0 Å². The summed E-state index contributed by atoms with van der Waals surface area (Å²) in [7, 11) is 0.335. The van der Waals surface area contributed by atoms with Gasteiger partial charge in [-0.05, 0) is 38.3 Å². The number of fused-ring (bicyclic) bond motifs is 2. The Hall–Kier alpha value is -1.49. The number of aromatic amines is 2. The lowest BCUT2D eigenvalue weighted by atomic mass is 10.2. The Balaban J connectivity index is 0.000000180. The first-order chi connectivity index (χ1) is 12.0. The summed E-state index contributed by atoms with van der Waals surface area (Å²) in [6, 6.07) is 16.9. The van der Waals surface area contributed by atoms with E-state index in [4.69, 9.17) is 0 Å². The zero-order valence-electron chi connectivity index (χ0n) is 15.8. The molecule has 2 N–H and O–H groups in total. The summed E-state index contributed by atoms with van der Waals surface area (Å²) in [5, 5.41) is 2.72. The van der Waals surface area contributed by atoms with Crippen molar-refractivity contribution in [2.75, 3.05) is 18.8 Å². The Morgan fingerprint density at radius 1 is 0.769 bits per heavy atom. The van der Waals surface area contributed by atoms with E-state index >= 15 is 0 Å². The van der Waals surface area contributed by atoms with Crippen molar-refractivity contribution < 1.29 is 12.4 Å². The summed E-state index contributed by atoms with van der Waals surface area (Å²) in [6.07, 6.45) is 6.65. The fraction of sp³-hybridized carbons (Fsp3) is 0.238. The second kappa shape index (κ2) is 8.94. The first-order valence-corrected chi connectivity index (χ1v) is 11.6. The quantitative estimate of drug-likeness (QED) is 0.390. The molecule has 2 aromatic heterocycles. The molecule has 0 saturated carbocycles. The van der Waals surface area contributed by atoms with Crippen molar-refractivity contribution in [1.82, 2.24) is 9.97 Å². The van der Waals surface area contributed by atoms with Gasteiger partial charge in [0.05, 0.1) is 16.6 Å². The van der Waals surface area contributed by atoms with Gasteiger partial charge in [0.25, 0.3) is 0 Å². The minimum Gasteiger partial charge on any atom is -1.00 e. The van der Waals surface area contributed by atoms with Crippen LogP contribution in [0, 0.1) is 13.8 Å². The summed E-state index contributed by atoms with van der Waals surface area (Å²) in [5.41, 5.74) is 5.08. The van der Waals surface area contributed by atoms with Crippen LogP contribution in [-0.2, 0) is 10.9 Å². The first-order valence-electron chi connectivity index (χ1n) is 8.29. The number of aromatic nitrogens is 2. The number of rotatable bonds is 2. The van der Waals surface area contributed by atoms with Crippen molar-refractivity contribution in [3.05, 3.63) is 59.9 Å². The molecule has 138 valence electrons. The molecule has 0 unspecified atom stereocenters. The van der Waals surface area contributed by atoms with Crippen molar-refractivity contribution in [2.24, 2.45) is 0 Å². The number of thioether (sulfide) groups is 1. The van der Waals surface area contributed by atoms with E-state index in [1.165, 1.54) is 43.0 Å². The van der Waals surface area contributed by atoms with Crippen LogP contribution in [-0.4, -0.2) is 28.7 Å². The van der Waals surface area contributed by atoms with Crippen LogP contribution >= 0.6 is 11.8 Å². The van der Waals surface area contributed by atoms with E-state index in [9.17, 15) is 0 Å². The normalized spacial score (nSPS) is 10.7. The molecule has 0 fully saturated rings. The zero-order chi connectivity index (χ0) is 18.0. The summed E-state index contributed by atoms with van der Waals surface area (Å²) >= 11 is 1.80. The summed E-state index contributed by atoms with van der Waals surface area (Å²) < 4.78 is 0. The predicted molar refractivity (Wildman–Crippen MR) is 115 cm³/mol. The van der Waals surface area contributed by atoms with Gasteiger partial charge in [0.15, 0.2) is 4.90 Å². The fourth-order valence-corrected chi connectivity index (χ4v) is 5.33. The van der Waals surface area contributed by atoms with E-state index in [0.29, 0.717) is 10.9 Å². The number of benzene rings is 2. The average molecular weight is 405 g/mol. The van der Waals surface area contributed by atoms with Gasteiger partial charge in [-0.25, -0.2) is 0 Å². The highest BCUT2D eigenvalue weighted by Crippen LogP contribution is 2.29. The lowest BCUT2D eigenvalue weighted by Gasteiger charge is -1.94. The fourth-order valence-electron chi connectivity index (χ4n) is 3.29. The molecule has 26 heavy (non-hydrogen) atoms. The number of H-pyrrole nitrogens is 2. The summed E-state index contributed by atoms with van der Waals surface area (Å²) in [5.74, 6) is 0. The largest absolute Gasteiger partial charge is 1.00 e. The van der Waals surface area contributed by atoms with Crippen LogP contribution in [0.15, 0.2) is 58.3 Å². The lowest BCUT2D eigenvalue weighted by Crippen LogP contribution is -3.00. The van der Waals surface area contributed by atoms with Gasteiger partial charge in [-0.1, -0.05) is 30.3 Å². The highest BCUT2D eigenvalue weighted by atomic mass is 35.5. The van der Waals surface area contributed by atoms with Gasteiger partial charge in [0.1, 0.15) is 12.5 Å². The van der Waals surface area contributed by atoms with Crippen LogP contribution < -0.4 is 12.4 Å². The van der Waals surface area contributed by atoms with E-state index in [0.717, 1.165) is 0 Å². The third-order valence-corrected chi connectivity index (χ3v) is 6.56. The molecule has 0 saturated heterocycles. The molecular formula is C21H25ClN2S2. The second-order valence-electron chi connectivity index (χ2n) is 6.27. The number of hydrogen-bond acceptors (Lipinski definition) is 1. The van der Waals surface area contributed by atoms with Crippen LogP contribution in [0.5, 0.6) is 0 Å². The number of nitrogens with one attached hydrogen (secondary N) is 2. The first kappa shape index (κ1) is 20.8. The molecule has 0 radical (unpaired) electrons. The molecule has 0 atom stereocenters. The maximum Gasteiger partial charge on any atom is 0.182 e. The van der Waals surface area contributed by atoms with Gasteiger partial charge < -0.3 is 22.4 Å². The monoisotopic (exact) mass is 404 g/mol. The van der Waals surface area contributed by atoms with Crippen LogP contribution in [0.4, 0.5) is 0 Å². The molecule has 4 aromatic rings. The van der Waals surface area contributed by atoms with E-state index in [1.54, 1.807) is 11.8 Å². The van der Waals surface area contributed by atoms with Gasteiger partial charge in [0, 0.05) is 32.4 Å². The minimum absolute atomic E-state index is 0. The maximum absolute atomic E-state index is 3.42. The van der Waals surface area contributed by atoms with Crippen LogP contribution in [0.25, 0.3) is 21.8 Å². The Morgan fingerprint density at radius 2 is 1.27 bits per heavy atom. The number of para-hydroxylation sites is 2. The van der Waals surface area contributed by atoms with Gasteiger partial charge in [-0.15, -0.1) is 11.8 Å². The van der Waals surface area contributed by atoms with E-state index in [2.05, 4.69) is 91.1 Å². The van der Waals surface area contributed by atoms with E-state index in [1.807, 2.05) is 0 Å². The second-order valence-corrected chi connectivity index (χ2v) is 9.13. The Kier molecular flexibility index (Phi) is 7.16. The van der Waals surface area contributed by atoms with Crippen molar-refractivity contribution in [3.63, 3.8) is 0 Å². The SMILES string of the molecule is CSc1c(C)[nH]c2ccccc12.Cc1[nH]c2ccccc2c1[S+](C)C.[Cl-]. The molecule has 2 aromatic carbocycles. The van der Waals surface area contributed by atoms with Crippen molar-refractivity contribution >= 4 is 44.5 Å². The smallest absolute Gasteiger partial charge is 0.182 e. The summed E-state index contributed by atoms with van der Waals surface area (Å²) in [6.45, 7) is 4.27. The molecule has 2 nitrogen and oxygen atoms in total. The third kappa shape index (κ3) is 4.08. The number of hydrogen-bond donors (Lipinski definition) is 2.